The quantitative estimate of drug-likeness (QED) is 0.755. The number of hydrogen-bond donors (Lipinski definition) is 0. The first-order valence-corrected chi connectivity index (χ1v) is 6.74. The Morgan fingerprint density at radius 2 is 2.40 bits per heavy atom. The Kier molecular flexibility index (Phi) is 3.57. The molecule has 15 heavy (non-hydrogen) atoms. The molecule has 1 nitrogen and oxygen atoms in total. The summed E-state index contributed by atoms with van der Waals surface area (Å²) in [6, 6.07) is 4.29. The highest BCUT2D eigenvalue weighted by atomic mass is 32.1. The lowest BCUT2D eigenvalue weighted by Gasteiger charge is -2.29. The van der Waals surface area contributed by atoms with Crippen molar-refractivity contribution in [1.29, 1.82) is 0 Å². The molecule has 1 saturated carbocycles. The molecular weight excluding hydrogens is 204 g/mol. The summed E-state index contributed by atoms with van der Waals surface area (Å²) in [6.45, 7) is 2.24. The molecule has 2 unspecified atom stereocenters. The molecule has 1 aliphatic carbocycles. The van der Waals surface area contributed by atoms with Crippen molar-refractivity contribution >= 4 is 17.1 Å². The van der Waals surface area contributed by atoms with Gasteiger partial charge in [-0.3, -0.25) is 4.79 Å². The predicted molar refractivity (Wildman–Crippen MR) is 64.3 cm³/mol. The van der Waals surface area contributed by atoms with E-state index in [4.69, 9.17) is 0 Å². The van der Waals surface area contributed by atoms with Gasteiger partial charge >= 0.3 is 0 Å². The van der Waals surface area contributed by atoms with Gasteiger partial charge in [0, 0.05) is 23.6 Å². The fourth-order valence-corrected chi connectivity index (χ4v) is 3.54. The summed E-state index contributed by atoms with van der Waals surface area (Å²) in [6.07, 6.45) is 5.21. The van der Waals surface area contributed by atoms with E-state index in [0.29, 0.717) is 11.7 Å². The van der Waals surface area contributed by atoms with Crippen molar-refractivity contribution in [3.63, 3.8) is 0 Å². The normalized spacial score (nSPS) is 26.9. The highest BCUT2D eigenvalue weighted by Crippen LogP contribution is 2.40. The minimum absolute atomic E-state index is 0.459. The van der Waals surface area contributed by atoms with Crippen molar-refractivity contribution in [2.24, 2.45) is 5.92 Å². The van der Waals surface area contributed by atoms with E-state index in [1.54, 1.807) is 0 Å². The molecule has 0 aliphatic heterocycles. The SMILES string of the molecule is CCCC1CCC(=O)CC1c1cccs1. The molecule has 0 bridgehead atoms. The number of hydrogen-bond acceptors (Lipinski definition) is 2. The summed E-state index contributed by atoms with van der Waals surface area (Å²) in [5.74, 6) is 1.72. The molecule has 2 atom stereocenters. The molecule has 1 aliphatic rings. The Morgan fingerprint density at radius 1 is 1.53 bits per heavy atom. The summed E-state index contributed by atoms with van der Waals surface area (Å²) in [4.78, 5) is 12.9. The average Bonchev–Trinajstić information content (AvgIpc) is 2.74. The van der Waals surface area contributed by atoms with Crippen LogP contribution in [0.3, 0.4) is 0 Å². The van der Waals surface area contributed by atoms with Crippen LogP contribution in [0.5, 0.6) is 0 Å². The summed E-state index contributed by atoms with van der Waals surface area (Å²) in [7, 11) is 0. The maximum atomic E-state index is 11.5. The third kappa shape index (κ3) is 2.49. The maximum absolute atomic E-state index is 11.5. The highest BCUT2D eigenvalue weighted by Gasteiger charge is 2.30. The summed E-state index contributed by atoms with van der Waals surface area (Å²) in [5.41, 5.74) is 0. The summed E-state index contributed by atoms with van der Waals surface area (Å²) < 4.78 is 0. The van der Waals surface area contributed by atoms with Crippen molar-refractivity contribution in [1.82, 2.24) is 0 Å². The summed E-state index contributed by atoms with van der Waals surface area (Å²) >= 11 is 1.81. The first-order chi connectivity index (χ1) is 7.31. The van der Waals surface area contributed by atoms with E-state index in [0.717, 1.165) is 25.2 Å². The van der Waals surface area contributed by atoms with Gasteiger partial charge in [-0.25, -0.2) is 0 Å². The van der Waals surface area contributed by atoms with Crippen molar-refractivity contribution < 1.29 is 4.79 Å². The van der Waals surface area contributed by atoms with Gasteiger partial charge in [0.25, 0.3) is 0 Å². The number of rotatable bonds is 3. The van der Waals surface area contributed by atoms with Gasteiger partial charge in [0.05, 0.1) is 0 Å². The highest BCUT2D eigenvalue weighted by molar-refractivity contribution is 7.10. The van der Waals surface area contributed by atoms with Gasteiger partial charge in [-0.2, -0.15) is 0 Å². The minimum Gasteiger partial charge on any atom is -0.300 e. The maximum Gasteiger partial charge on any atom is 0.133 e. The van der Waals surface area contributed by atoms with Crippen LogP contribution in [0.4, 0.5) is 0 Å². The van der Waals surface area contributed by atoms with Gasteiger partial charge in [-0.1, -0.05) is 25.8 Å². The number of thiophene rings is 1. The van der Waals surface area contributed by atoms with E-state index >= 15 is 0 Å². The molecule has 0 radical (unpaired) electrons. The second-order valence-electron chi connectivity index (χ2n) is 4.45. The Labute approximate surface area is 95.5 Å². The fraction of sp³-hybridized carbons (Fsp3) is 0.615. The Bertz CT molecular complexity index is 315. The Morgan fingerprint density at radius 3 is 3.07 bits per heavy atom. The third-order valence-electron chi connectivity index (χ3n) is 3.38. The third-order valence-corrected chi connectivity index (χ3v) is 4.38. The van der Waals surface area contributed by atoms with E-state index in [-0.39, 0.29) is 0 Å². The van der Waals surface area contributed by atoms with Gasteiger partial charge in [0.1, 0.15) is 5.78 Å². The number of carbonyl (C=O) groups excluding carboxylic acids is 1. The molecule has 0 N–H and O–H groups in total. The van der Waals surface area contributed by atoms with E-state index in [9.17, 15) is 4.79 Å². The van der Waals surface area contributed by atoms with Crippen LogP contribution in [-0.4, -0.2) is 5.78 Å². The smallest absolute Gasteiger partial charge is 0.133 e. The molecule has 2 rings (SSSR count). The van der Waals surface area contributed by atoms with Crippen LogP contribution in [0.25, 0.3) is 0 Å². The van der Waals surface area contributed by atoms with Crippen molar-refractivity contribution in [3.8, 4) is 0 Å². The zero-order valence-corrected chi connectivity index (χ0v) is 10.1. The van der Waals surface area contributed by atoms with Crippen LogP contribution in [0.1, 0.15) is 49.8 Å². The number of carbonyl (C=O) groups is 1. The van der Waals surface area contributed by atoms with E-state index in [1.165, 1.54) is 17.7 Å². The van der Waals surface area contributed by atoms with Gasteiger partial charge in [-0.15, -0.1) is 11.3 Å². The second kappa shape index (κ2) is 4.93. The average molecular weight is 222 g/mol. The first kappa shape index (κ1) is 10.9. The molecule has 1 heterocycles. The Hall–Kier alpha value is -0.630. The lowest BCUT2D eigenvalue weighted by molar-refractivity contribution is -0.121. The van der Waals surface area contributed by atoms with Crippen LogP contribution in [0, 0.1) is 5.92 Å². The minimum atomic E-state index is 0.459. The molecule has 1 fully saturated rings. The van der Waals surface area contributed by atoms with Crippen LogP contribution in [-0.2, 0) is 4.79 Å². The summed E-state index contributed by atoms with van der Waals surface area (Å²) in [5, 5.41) is 2.12. The molecular formula is C13H18OS. The Balaban J connectivity index is 2.13. The number of ketones is 1. The van der Waals surface area contributed by atoms with E-state index in [2.05, 4.69) is 24.4 Å². The van der Waals surface area contributed by atoms with Gasteiger partial charge in [0.15, 0.2) is 0 Å². The van der Waals surface area contributed by atoms with Gasteiger partial charge in [0.2, 0.25) is 0 Å². The molecule has 1 aromatic rings. The molecule has 0 saturated heterocycles. The van der Waals surface area contributed by atoms with E-state index in [1.807, 2.05) is 11.3 Å². The second-order valence-corrected chi connectivity index (χ2v) is 5.43. The molecule has 0 aromatic carbocycles. The van der Waals surface area contributed by atoms with E-state index < -0.39 is 0 Å². The largest absolute Gasteiger partial charge is 0.300 e. The standard InChI is InChI=1S/C13H18OS/c1-2-4-10-6-7-11(14)9-12(10)13-5-3-8-15-13/h3,5,8,10,12H,2,4,6-7,9H2,1H3. The molecule has 2 heteroatoms. The topological polar surface area (TPSA) is 17.1 Å². The van der Waals surface area contributed by atoms with Gasteiger partial charge in [-0.05, 0) is 23.8 Å². The fourth-order valence-electron chi connectivity index (χ4n) is 2.61. The zero-order valence-electron chi connectivity index (χ0n) is 9.24. The monoisotopic (exact) mass is 222 g/mol. The van der Waals surface area contributed by atoms with Crippen LogP contribution < -0.4 is 0 Å². The van der Waals surface area contributed by atoms with Crippen molar-refractivity contribution in [2.75, 3.05) is 0 Å². The first-order valence-electron chi connectivity index (χ1n) is 5.86. The van der Waals surface area contributed by atoms with Crippen molar-refractivity contribution in [2.45, 2.75) is 44.9 Å². The lowest BCUT2D eigenvalue weighted by atomic mass is 9.76. The predicted octanol–water partition coefficient (Wildman–Crippen LogP) is 4.00. The van der Waals surface area contributed by atoms with Crippen LogP contribution in [0.15, 0.2) is 17.5 Å². The van der Waals surface area contributed by atoms with Crippen molar-refractivity contribution in [3.05, 3.63) is 22.4 Å². The van der Waals surface area contributed by atoms with Crippen LogP contribution in [0.2, 0.25) is 0 Å². The zero-order chi connectivity index (χ0) is 10.7. The van der Waals surface area contributed by atoms with Gasteiger partial charge < -0.3 is 0 Å². The molecule has 0 spiro atoms. The molecule has 82 valence electrons. The molecule has 1 aromatic heterocycles. The molecule has 0 amide bonds. The van der Waals surface area contributed by atoms with Crippen LogP contribution >= 0.6 is 11.3 Å². The lowest BCUT2D eigenvalue weighted by Crippen LogP contribution is -2.22. The number of Topliss-reactive ketones (excluding diaryl/α,β-unsaturated/α-hetero) is 1.